The van der Waals surface area contributed by atoms with Gasteiger partial charge in [0.2, 0.25) is 0 Å². The summed E-state index contributed by atoms with van der Waals surface area (Å²) in [6, 6.07) is 0. The fourth-order valence-electron chi connectivity index (χ4n) is 0. The van der Waals surface area contributed by atoms with Crippen LogP contribution in [0.2, 0.25) is 0 Å². The third kappa shape index (κ3) is 78.1. The van der Waals surface area contributed by atoms with Gasteiger partial charge in [0.1, 0.15) is 0 Å². The maximum Gasteiger partial charge on any atom is 0.482 e. The molecular weight excluding hydrogens is 70.9 g/mol. The quantitative estimate of drug-likeness (QED) is 0.329. The van der Waals surface area contributed by atoms with Crippen molar-refractivity contribution in [2.24, 2.45) is 0 Å². The van der Waals surface area contributed by atoms with Crippen LogP contribution in [-0.4, -0.2) is 28.7 Å². The van der Waals surface area contributed by atoms with Gasteiger partial charge < -0.3 is 10.0 Å². The lowest BCUT2D eigenvalue weighted by Crippen LogP contribution is -1.75. The molecule has 0 fully saturated rings. The zero-order valence-corrected chi connectivity index (χ0v) is 2.97. The van der Waals surface area contributed by atoms with Crippen LogP contribution in [0.5, 0.6) is 0 Å². The summed E-state index contributed by atoms with van der Waals surface area (Å²) in [7, 11) is 0. The van der Waals surface area contributed by atoms with E-state index in [-0.39, 0.29) is 18.7 Å². The van der Waals surface area contributed by atoms with Crippen LogP contribution in [0.15, 0.2) is 0 Å². The molecule has 0 aromatic rings. The summed E-state index contributed by atoms with van der Waals surface area (Å²) in [5.74, 6) is 0. The molecule has 0 aliphatic carbocycles. The standard InChI is InChI=1S/BH2O2.Si/c2-1-3;/h2-3H;. The van der Waals surface area contributed by atoms with E-state index >= 15 is 0 Å². The second kappa shape index (κ2) is 10.7. The van der Waals surface area contributed by atoms with E-state index in [1.807, 2.05) is 0 Å². The molecule has 0 amide bonds. The maximum atomic E-state index is 7.00. The molecule has 2 nitrogen and oxygen atoms in total. The van der Waals surface area contributed by atoms with E-state index in [1.165, 1.54) is 0 Å². The fourth-order valence-corrected chi connectivity index (χ4v) is 0. The van der Waals surface area contributed by atoms with Gasteiger partial charge in [0.25, 0.3) is 0 Å². The second-order valence-electron chi connectivity index (χ2n) is 0.115. The van der Waals surface area contributed by atoms with Gasteiger partial charge >= 0.3 is 7.69 Å². The van der Waals surface area contributed by atoms with Gasteiger partial charge in [0.15, 0.2) is 0 Å². The van der Waals surface area contributed by atoms with Gasteiger partial charge in [-0.25, -0.2) is 0 Å². The Labute approximate surface area is 29.8 Å². The third-order valence-corrected chi connectivity index (χ3v) is 0. The van der Waals surface area contributed by atoms with E-state index in [0.29, 0.717) is 0 Å². The van der Waals surface area contributed by atoms with Crippen LogP contribution in [-0.2, 0) is 0 Å². The Morgan fingerprint density at radius 3 is 1.25 bits per heavy atom. The molecule has 0 saturated carbocycles. The van der Waals surface area contributed by atoms with E-state index in [4.69, 9.17) is 10.0 Å². The van der Waals surface area contributed by atoms with Crippen molar-refractivity contribution in [1.82, 2.24) is 0 Å². The topological polar surface area (TPSA) is 40.5 Å². The Balaban J connectivity index is 0. The van der Waals surface area contributed by atoms with Crippen molar-refractivity contribution in [2.75, 3.05) is 0 Å². The average Bonchev–Trinajstić information content (AvgIpc) is 0.918. The van der Waals surface area contributed by atoms with Crippen LogP contribution in [0, 0.1) is 0 Å². The molecule has 0 saturated heterocycles. The highest BCUT2D eigenvalue weighted by atomic mass is 28.1. The van der Waals surface area contributed by atoms with Gasteiger partial charge in [-0.1, -0.05) is 0 Å². The lowest BCUT2D eigenvalue weighted by Gasteiger charge is -1.46. The van der Waals surface area contributed by atoms with Crippen LogP contribution in [0.3, 0.4) is 0 Å². The van der Waals surface area contributed by atoms with Gasteiger partial charge in [-0.15, -0.1) is 0 Å². The Morgan fingerprint density at radius 1 is 1.25 bits per heavy atom. The molecule has 0 aromatic heterocycles. The first kappa shape index (κ1) is 8.89. The van der Waals surface area contributed by atoms with Gasteiger partial charge in [0.05, 0.1) is 0 Å². The Morgan fingerprint density at radius 2 is 1.25 bits per heavy atom. The molecule has 0 aromatic carbocycles. The summed E-state index contributed by atoms with van der Waals surface area (Å²) in [5, 5.41) is 14.0. The van der Waals surface area contributed by atoms with E-state index in [1.54, 1.807) is 0 Å². The molecule has 0 unspecified atom stereocenters. The highest BCUT2D eigenvalue weighted by molar-refractivity contribution is 6.13. The first-order chi connectivity index (χ1) is 1.41. The Bertz CT molecular complexity index is 6.00. The van der Waals surface area contributed by atoms with Crippen molar-refractivity contribution in [3.8, 4) is 0 Å². The zero-order valence-electron chi connectivity index (χ0n) is 1.97. The van der Waals surface area contributed by atoms with Gasteiger partial charge in [-0.2, -0.15) is 0 Å². The molecule has 2 N–H and O–H groups in total. The third-order valence-electron chi connectivity index (χ3n) is 0. The van der Waals surface area contributed by atoms with E-state index < -0.39 is 0 Å². The molecule has 5 radical (unpaired) electrons. The van der Waals surface area contributed by atoms with Crippen LogP contribution in [0.1, 0.15) is 0 Å². The molecule has 0 heterocycles. The van der Waals surface area contributed by atoms with E-state index in [0.717, 1.165) is 0 Å². The molecule has 0 atom stereocenters. The van der Waals surface area contributed by atoms with Crippen molar-refractivity contribution >= 4 is 18.7 Å². The van der Waals surface area contributed by atoms with Crippen LogP contribution in [0.4, 0.5) is 0 Å². The first-order valence-electron chi connectivity index (χ1n) is 0.516. The summed E-state index contributed by atoms with van der Waals surface area (Å²) < 4.78 is 0. The van der Waals surface area contributed by atoms with Crippen LogP contribution in [0.25, 0.3) is 0 Å². The number of rotatable bonds is 0. The predicted molar refractivity (Wildman–Crippen MR) is 15.9 cm³/mol. The molecule has 0 rings (SSSR count). The molecule has 0 aliphatic heterocycles. The smallest absolute Gasteiger partial charge is 0.429 e. The minimum Gasteiger partial charge on any atom is -0.429 e. The Kier molecular flexibility index (Phi) is 23.9. The van der Waals surface area contributed by atoms with Crippen molar-refractivity contribution in [2.45, 2.75) is 0 Å². The zero-order chi connectivity index (χ0) is 2.71. The normalized spacial score (nSPS) is 3.50. The highest BCUT2D eigenvalue weighted by Gasteiger charge is 1.51. The predicted octanol–water partition coefficient (Wildman–Crippen LogP) is -1.88. The summed E-state index contributed by atoms with van der Waals surface area (Å²) in [6.45, 7) is 0. The van der Waals surface area contributed by atoms with E-state index in [9.17, 15) is 0 Å². The largest absolute Gasteiger partial charge is 0.482 e. The van der Waals surface area contributed by atoms with Crippen LogP contribution < -0.4 is 0 Å². The number of hydrogen-bond acceptors (Lipinski definition) is 2. The van der Waals surface area contributed by atoms with Gasteiger partial charge in [-0.3, -0.25) is 0 Å². The summed E-state index contributed by atoms with van der Waals surface area (Å²) in [4.78, 5) is 0. The van der Waals surface area contributed by atoms with Crippen molar-refractivity contribution in [3.63, 3.8) is 0 Å². The fraction of sp³-hybridized carbons (Fsp3) is 0. The summed E-state index contributed by atoms with van der Waals surface area (Å²) in [5.41, 5.74) is 0. The van der Waals surface area contributed by atoms with Crippen molar-refractivity contribution in [1.29, 1.82) is 0 Å². The van der Waals surface area contributed by atoms with Gasteiger partial charge in [0, 0.05) is 11.0 Å². The molecule has 0 spiro atoms. The van der Waals surface area contributed by atoms with Crippen molar-refractivity contribution in [3.05, 3.63) is 0 Å². The molecule has 4 heteroatoms. The second-order valence-corrected chi connectivity index (χ2v) is 0.115. The molecule has 4 heavy (non-hydrogen) atoms. The SMILES string of the molecule is O[B]O.[Si]. The highest BCUT2D eigenvalue weighted by Crippen LogP contribution is 1.08. The summed E-state index contributed by atoms with van der Waals surface area (Å²) in [6.07, 6.45) is 0. The average molecular weight is 72.9 g/mol. The Hall–Kier alpha value is 0.202. The van der Waals surface area contributed by atoms with Gasteiger partial charge in [-0.05, 0) is 0 Å². The monoisotopic (exact) mass is 73.0 g/mol. The maximum absolute atomic E-state index is 7.00. The van der Waals surface area contributed by atoms with Crippen molar-refractivity contribution < 1.29 is 10.0 Å². The lowest BCUT2D eigenvalue weighted by molar-refractivity contribution is 0.448. The summed E-state index contributed by atoms with van der Waals surface area (Å²) >= 11 is 0. The molecule has 0 aliphatic rings. The molecule has 0 bridgehead atoms. The van der Waals surface area contributed by atoms with E-state index in [2.05, 4.69) is 0 Å². The molecular formula is H2BO2Si. The number of hydrogen-bond donors (Lipinski definition) is 2. The first-order valence-corrected chi connectivity index (χ1v) is 0.516. The minimum absolute atomic E-state index is 0. The molecule has 21 valence electrons. The van der Waals surface area contributed by atoms with Crippen LogP contribution >= 0.6 is 0 Å². The lowest BCUT2D eigenvalue weighted by atomic mass is 10.5. The minimum atomic E-state index is 0.